The lowest BCUT2D eigenvalue weighted by molar-refractivity contribution is -0.141. The highest BCUT2D eigenvalue weighted by Gasteiger charge is 2.20. The smallest absolute Gasteiger partial charge is 0.326 e. The molecular weight excluding hydrogens is 382 g/mol. The Kier molecular flexibility index (Phi) is 6.57. The number of allylic oxidation sites excluding steroid dienone is 1. The third kappa shape index (κ3) is 4.89. The van der Waals surface area contributed by atoms with Crippen molar-refractivity contribution < 1.29 is 23.8 Å². The van der Waals surface area contributed by atoms with Crippen molar-refractivity contribution in [1.29, 1.82) is 0 Å². The number of carbonyl (C=O) groups is 2. The number of carboxylic acids is 1. The molecule has 0 saturated carbocycles. The monoisotopic (exact) mass is 407 g/mol. The number of carbonyl (C=O) groups excluding carboxylic acids is 1. The molecule has 1 amide bonds. The number of nitrogens with one attached hydrogen (secondary N) is 1. The molecule has 30 heavy (non-hydrogen) atoms. The van der Waals surface area contributed by atoms with Gasteiger partial charge < -0.3 is 19.6 Å². The summed E-state index contributed by atoms with van der Waals surface area (Å²) in [4.78, 5) is 24.2. The van der Waals surface area contributed by atoms with Gasteiger partial charge in [0.2, 0.25) is 5.91 Å². The van der Waals surface area contributed by atoms with Gasteiger partial charge in [0.25, 0.3) is 0 Å². The van der Waals surface area contributed by atoms with Crippen LogP contribution in [0.3, 0.4) is 0 Å². The molecular formula is C24H25NO5. The molecule has 3 aromatic rings. The number of fused-ring (bicyclic) bond motifs is 1. The number of hydrogen-bond donors (Lipinski definition) is 2. The number of rotatable bonds is 8. The molecule has 2 N–H and O–H groups in total. The minimum Gasteiger partial charge on any atom is -0.493 e. The van der Waals surface area contributed by atoms with Gasteiger partial charge in [0.1, 0.15) is 17.4 Å². The third-order valence-corrected chi connectivity index (χ3v) is 4.84. The lowest BCUT2D eigenvalue weighted by atomic mass is 10.0. The van der Waals surface area contributed by atoms with Crippen molar-refractivity contribution in [3.63, 3.8) is 0 Å². The molecule has 0 radical (unpaired) electrons. The van der Waals surface area contributed by atoms with E-state index in [1.165, 1.54) is 6.08 Å². The number of furan rings is 1. The lowest BCUT2D eigenvalue weighted by Crippen LogP contribution is -2.41. The van der Waals surface area contributed by atoms with E-state index in [9.17, 15) is 14.7 Å². The van der Waals surface area contributed by atoms with Crippen molar-refractivity contribution in [2.75, 3.05) is 6.61 Å². The van der Waals surface area contributed by atoms with Crippen molar-refractivity contribution in [2.45, 2.75) is 33.2 Å². The summed E-state index contributed by atoms with van der Waals surface area (Å²) < 4.78 is 11.3. The highest BCUT2D eigenvalue weighted by Crippen LogP contribution is 2.33. The summed E-state index contributed by atoms with van der Waals surface area (Å²) >= 11 is 0. The molecule has 1 aromatic heterocycles. The molecule has 0 aliphatic heterocycles. The minimum atomic E-state index is -1.08. The van der Waals surface area contributed by atoms with Gasteiger partial charge in [-0.25, -0.2) is 4.79 Å². The summed E-state index contributed by atoms with van der Waals surface area (Å²) in [7, 11) is 0. The van der Waals surface area contributed by atoms with Crippen LogP contribution in [-0.2, 0) is 16.0 Å². The normalized spacial score (nSPS) is 12.6. The van der Waals surface area contributed by atoms with E-state index in [-0.39, 0.29) is 6.42 Å². The van der Waals surface area contributed by atoms with Gasteiger partial charge >= 0.3 is 5.97 Å². The van der Waals surface area contributed by atoms with E-state index in [0.717, 1.165) is 22.1 Å². The van der Waals surface area contributed by atoms with Gasteiger partial charge in [-0.05, 0) is 43.5 Å². The van der Waals surface area contributed by atoms with Gasteiger partial charge in [0.05, 0.1) is 12.9 Å². The SMILES string of the molecule is CCOc1cc2occ(C)c2cc1/C(C)=C/C(=O)NC(Cc1ccccc1)C(=O)O. The zero-order chi connectivity index (χ0) is 21.7. The number of ether oxygens (including phenoxy) is 1. The predicted octanol–water partition coefficient (Wildman–Crippen LogP) is 4.36. The van der Waals surface area contributed by atoms with Crippen molar-refractivity contribution >= 4 is 28.4 Å². The topological polar surface area (TPSA) is 88.8 Å². The average Bonchev–Trinajstić information content (AvgIpc) is 3.07. The van der Waals surface area contributed by atoms with E-state index in [0.29, 0.717) is 23.5 Å². The maximum Gasteiger partial charge on any atom is 0.326 e. The Morgan fingerprint density at radius 3 is 2.63 bits per heavy atom. The lowest BCUT2D eigenvalue weighted by Gasteiger charge is -2.14. The van der Waals surface area contributed by atoms with Gasteiger partial charge in [-0.15, -0.1) is 0 Å². The number of aryl methyl sites for hydroxylation is 1. The Morgan fingerprint density at radius 2 is 1.97 bits per heavy atom. The molecule has 0 aliphatic carbocycles. The number of aliphatic carboxylic acids is 1. The molecule has 1 unspecified atom stereocenters. The number of hydrogen-bond acceptors (Lipinski definition) is 4. The molecule has 0 aliphatic rings. The summed E-state index contributed by atoms with van der Waals surface area (Å²) in [5.41, 5.74) is 3.97. The van der Waals surface area contributed by atoms with Gasteiger partial charge in [-0.1, -0.05) is 30.3 Å². The maximum absolute atomic E-state index is 12.6. The zero-order valence-electron chi connectivity index (χ0n) is 17.3. The molecule has 3 rings (SSSR count). The van der Waals surface area contributed by atoms with E-state index >= 15 is 0 Å². The summed E-state index contributed by atoms with van der Waals surface area (Å²) in [5.74, 6) is -0.939. The van der Waals surface area contributed by atoms with Crippen LogP contribution in [0.5, 0.6) is 5.75 Å². The first-order chi connectivity index (χ1) is 14.4. The summed E-state index contributed by atoms with van der Waals surface area (Å²) in [5, 5.41) is 13.0. The average molecular weight is 407 g/mol. The molecule has 0 spiro atoms. The largest absolute Gasteiger partial charge is 0.493 e. The molecule has 156 valence electrons. The fraction of sp³-hybridized carbons (Fsp3) is 0.250. The van der Waals surface area contributed by atoms with Crippen LogP contribution < -0.4 is 10.1 Å². The summed E-state index contributed by atoms with van der Waals surface area (Å²) in [6, 6.07) is 11.9. The van der Waals surface area contributed by atoms with Gasteiger partial charge in [0.15, 0.2) is 0 Å². The quantitative estimate of drug-likeness (QED) is 0.542. The Labute approximate surface area is 175 Å². The predicted molar refractivity (Wildman–Crippen MR) is 115 cm³/mol. The van der Waals surface area contributed by atoms with Crippen molar-refractivity contribution in [3.05, 3.63) is 71.5 Å². The van der Waals surface area contributed by atoms with Crippen molar-refractivity contribution in [2.24, 2.45) is 0 Å². The van der Waals surface area contributed by atoms with Gasteiger partial charge in [-0.2, -0.15) is 0 Å². The Morgan fingerprint density at radius 1 is 1.23 bits per heavy atom. The molecule has 0 fully saturated rings. The number of amides is 1. The Hall–Kier alpha value is -3.54. The first-order valence-electron chi connectivity index (χ1n) is 9.79. The highest BCUT2D eigenvalue weighted by atomic mass is 16.5. The third-order valence-electron chi connectivity index (χ3n) is 4.84. The highest BCUT2D eigenvalue weighted by molar-refractivity contribution is 5.98. The van der Waals surface area contributed by atoms with Crippen LogP contribution in [0.4, 0.5) is 0 Å². The zero-order valence-corrected chi connectivity index (χ0v) is 17.3. The maximum atomic E-state index is 12.6. The summed E-state index contributed by atoms with van der Waals surface area (Å²) in [6.45, 7) is 6.10. The van der Waals surface area contributed by atoms with Gasteiger partial charge in [-0.3, -0.25) is 4.79 Å². The Bertz CT molecular complexity index is 1080. The van der Waals surface area contributed by atoms with E-state index in [4.69, 9.17) is 9.15 Å². The molecule has 1 atom stereocenters. The van der Waals surface area contributed by atoms with Gasteiger partial charge in [0, 0.05) is 29.5 Å². The van der Waals surface area contributed by atoms with E-state index in [1.54, 1.807) is 13.2 Å². The first kappa shape index (κ1) is 21.2. The van der Waals surface area contributed by atoms with E-state index in [1.807, 2.05) is 56.3 Å². The number of carboxylic acid groups (broad SMARTS) is 1. The molecule has 6 heteroatoms. The van der Waals surface area contributed by atoms with Crippen LogP contribution in [0.1, 0.15) is 30.5 Å². The second-order valence-corrected chi connectivity index (χ2v) is 7.11. The van der Waals surface area contributed by atoms with E-state index < -0.39 is 17.9 Å². The molecule has 6 nitrogen and oxygen atoms in total. The van der Waals surface area contributed by atoms with Crippen LogP contribution in [0.2, 0.25) is 0 Å². The van der Waals surface area contributed by atoms with Crippen LogP contribution in [-0.4, -0.2) is 29.6 Å². The first-order valence-corrected chi connectivity index (χ1v) is 9.79. The minimum absolute atomic E-state index is 0.208. The number of benzene rings is 2. The van der Waals surface area contributed by atoms with E-state index in [2.05, 4.69) is 5.32 Å². The fourth-order valence-electron chi connectivity index (χ4n) is 3.30. The Balaban J connectivity index is 1.84. The fourth-order valence-corrected chi connectivity index (χ4v) is 3.30. The molecule has 2 aromatic carbocycles. The van der Waals surface area contributed by atoms with Crippen LogP contribution in [0.15, 0.2) is 59.2 Å². The second-order valence-electron chi connectivity index (χ2n) is 7.11. The molecule has 0 saturated heterocycles. The standard InChI is InChI=1S/C24H25NO5/c1-4-29-21-13-22-19(16(3)14-30-22)12-18(21)15(2)10-23(26)25-20(24(27)28)11-17-8-6-5-7-9-17/h5-10,12-14,20H,4,11H2,1-3H3,(H,25,26)(H,27,28)/b15-10+. The van der Waals surface area contributed by atoms with Crippen molar-refractivity contribution in [3.8, 4) is 5.75 Å². The summed E-state index contributed by atoms with van der Waals surface area (Å²) in [6.07, 6.45) is 3.29. The molecule has 0 bridgehead atoms. The molecule has 1 heterocycles. The second kappa shape index (κ2) is 9.31. The van der Waals surface area contributed by atoms with Crippen LogP contribution in [0, 0.1) is 6.92 Å². The van der Waals surface area contributed by atoms with Crippen molar-refractivity contribution in [1.82, 2.24) is 5.32 Å². The van der Waals surface area contributed by atoms with Crippen LogP contribution in [0.25, 0.3) is 16.5 Å². The van der Waals surface area contributed by atoms with Crippen LogP contribution >= 0.6 is 0 Å².